The number of hydrogen-bond acceptors (Lipinski definition) is 5. The van der Waals surface area contributed by atoms with E-state index in [4.69, 9.17) is 14.2 Å². The predicted octanol–water partition coefficient (Wildman–Crippen LogP) is 3.75. The van der Waals surface area contributed by atoms with E-state index in [-0.39, 0.29) is 18.8 Å². The second-order valence-electron chi connectivity index (χ2n) is 6.71. The van der Waals surface area contributed by atoms with E-state index in [0.717, 1.165) is 12.1 Å². The fourth-order valence-electron chi connectivity index (χ4n) is 3.12. The quantitative estimate of drug-likeness (QED) is 0.643. The minimum absolute atomic E-state index is 0.0832. The van der Waals surface area contributed by atoms with Crippen LogP contribution in [0.25, 0.3) is 0 Å². The number of nitrogens with zero attached hydrogens (tertiary/aromatic N) is 1. The maximum absolute atomic E-state index is 13.2. The Balaban J connectivity index is 1.62. The number of nitrogens with one attached hydrogen (secondary N) is 2. The van der Waals surface area contributed by atoms with E-state index in [2.05, 4.69) is 10.6 Å². The van der Waals surface area contributed by atoms with Gasteiger partial charge in [0.15, 0.2) is 11.5 Å². The zero-order chi connectivity index (χ0) is 22.3. The number of anilines is 2. The summed E-state index contributed by atoms with van der Waals surface area (Å²) in [5.74, 6) is 1.09. The Morgan fingerprint density at radius 1 is 1.13 bits per heavy atom. The van der Waals surface area contributed by atoms with Gasteiger partial charge in [0, 0.05) is 13.1 Å². The van der Waals surface area contributed by atoms with Crippen molar-refractivity contribution in [2.75, 3.05) is 56.8 Å². The van der Waals surface area contributed by atoms with Gasteiger partial charge in [0.05, 0.1) is 43.8 Å². The van der Waals surface area contributed by atoms with E-state index in [1.165, 1.54) is 13.2 Å². The number of amides is 2. The van der Waals surface area contributed by atoms with E-state index in [1.54, 1.807) is 24.3 Å². The van der Waals surface area contributed by atoms with Crippen molar-refractivity contribution < 1.29 is 32.2 Å². The van der Waals surface area contributed by atoms with Crippen LogP contribution in [0.3, 0.4) is 0 Å². The predicted molar refractivity (Wildman–Crippen MR) is 110 cm³/mol. The van der Waals surface area contributed by atoms with Crippen LogP contribution < -0.4 is 25.0 Å². The van der Waals surface area contributed by atoms with Crippen molar-refractivity contribution in [3.63, 3.8) is 0 Å². The van der Waals surface area contributed by atoms with Gasteiger partial charge in [-0.3, -0.25) is 0 Å². The minimum atomic E-state index is -4.51. The van der Waals surface area contributed by atoms with Gasteiger partial charge in [-0.1, -0.05) is 12.1 Å². The molecule has 0 atom stereocenters. The third kappa shape index (κ3) is 6.17. The number of hydrogen-bond donors (Lipinski definition) is 2. The number of ether oxygens (including phenoxy) is 3. The largest absolute Gasteiger partial charge is 0.493 e. The minimum Gasteiger partial charge on any atom is -0.493 e. The molecule has 31 heavy (non-hydrogen) atoms. The summed E-state index contributed by atoms with van der Waals surface area (Å²) in [4.78, 5) is 14.2. The number of urea groups is 1. The van der Waals surface area contributed by atoms with Gasteiger partial charge in [-0.05, 0) is 30.3 Å². The highest BCUT2D eigenvalue weighted by Gasteiger charge is 2.32. The van der Waals surface area contributed by atoms with Gasteiger partial charge >= 0.3 is 12.2 Å². The van der Waals surface area contributed by atoms with Gasteiger partial charge < -0.3 is 29.7 Å². The lowest BCUT2D eigenvalue weighted by molar-refractivity contribution is -0.137. The number of alkyl halides is 3. The van der Waals surface area contributed by atoms with E-state index in [9.17, 15) is 18.0 Å². The summed E-state index contributed by atoms with van der Waals surface area (Å²) in [6.07, 6.45) is -4.51. The molecular formula is C21H24F3N3O4. The molecule has 0 aromatic heterocycles. The number of rotatable bonds is 7. The Hall–Kier alpha value is -3.14. The first-order chi connectivity index (χ1) is 14.9. The standard InChI is InChI=1S/C21H24F3N3O4/c1-29-18-4-2-3-5-19(18)31-11-8-25-20(28)26-16-14-15(21(22,23)24)6-7-17(16)27-9-12-30-13-10-27/h2-7,14H,8-13H2,1H3,(H2,25,26,28). The van der Waals surface area contributed by atoms with Gasteiger partial charge in [-0.15, -0.1) is 0 Å². The summed E-state index contributed by atoms with van der Waals surface area (Å²) in [7, 11) is 1.52. The van der Waals surface area contributed by atoms with Crippen LogP contribution in [-0.4, -0.2) is 52.6 Å². The molecular weight excluding hydrogens is 415 g/mol. The molecule has 10 heteroatoms. The fourth-order valence-corrected chi connectivity index (χ4v) is 3.12. The highest BCUT2D eigenvalue weighted by molar-refractivity contribution is 5.93. The lowest BCUT2D eigenvalue weighted by atomic mass is 10.1. The molecule has 0 radical (unpaired) electrons. The van der Waals surface area contributed by atoms with Crippen LogP contribution in [0.5, 0.6) is 11.5 Å². The molecule has 1 aliphatic rings. The lowest BCUT2D eigenvalue weighted by Crippen LogP contribution is -2.37. The zero-order valence-electron chi connectivity index (χ0n) is 17.0. The summed E-state index contributed by atoms with van der Waals surface area (Å²) in [5.41, 5.74) is -0.240. The molecule has 1 saturated heterocycles. The number of morpholine rings is 1. The average Bonchev–Trinajstić information content (AvgIpc) is 2.77. The normalized spacial score (nSPS) is 14.1. The van der Waals surface area contributed by atoms with Crippen LogP contribution in [0.15, 0.2) is 42.5 Å². The number of methoxy groups -OCH3 is 1. The third-order valence-electron chi connectivity index (χ3n) is 4.64. The maximum atomic E-state index is 13.2. The Morgan fingerprint density at radius 3 is 2.52 bits per heavy atom. The monoisotopic (exact) mass is 439 g/mol. The van der Waals surface area contributed by atoms with E-state index < -0.39 is 17.8 Å². The summed E-state index contributed by atoms with van der Waals surface area (Å²) in [5, 5.41) is 5.12. The van der Waals surface area contributed by atoms with Gasteiger partial charge in [0.1, 0.15) is 6.61 Å². The molecule has 0 unspecified atom stereocenters. The SMILES string of the molecule is COc1ccccc1OCCNC(=O)Nc1cc(C(F)(F)F)ccc1N1CCOCC1. The van der Waals surface area contributed by atoms with Gasteiger partial charge in [0.2, 0.25) is 0 Å². The van der Waals surface area contributed by atoms with Crippen LogP contribution in [0.1, 0.15) is 5.56 Å². The van der Waals surface area contributed by atoms with E-state index in [0.29, 0.717) is 43.5 Å². The number of halogens is 3. The molecule has 2 amide bonds. The molecule has 7 nitrogen and oxygen atoms in total. The topological polar surface area (TPSA) is 72.1 Å². The lowest BCUT2D eigenvalue weighted by Gasteiger charge is -2.31. The van der Waals surface area contributed by atoms with E-state index >= 15 is 0 Å². The molecule has 0 saturated carbocycles. The van der Waals surface area contributed by atoms with Crippen LogP contribution in [-0.2, 0) is 10.9 Å². The van der Waals surface area contributed by atoms with Crippen molar-refractivity contribution in [3.8, 4) is 11.5 Å². The second-order valence-corrected chi connectivity index (χ2v) is 6.71. The summed E-state index contributed by atoms with van der Waals surface area (Å²) in [6.45, 7) is 2.28. The number of para-hydroxylation sites is 2. The first-order valence-corrected chi connectivity index (χ1v) is 9.73. The van der Waals surface area contributed by atoms with Gasteiger partial charge in [-0.25, -0.2) is 4.79 Å². The summed E-state index contributed by atoms with van der Waals surface area (Å²) in [6, 6.07) is 9.76. The summed E-state index contributed by atoms with van der Waals surface area (Å²) < 4.78 is 55.5. The number of carbonyl (C=O) groups excluding carboxylic acids is 1. The third-order valence-corrected chi connectivity index (χ3v) is 4.64. The zero-order valence-corrected chi connectivity index (χ0v) is 17.0. The van der Waals surface area contributed by atoms with E-state index in [1.807, 2.05) is 4.90 Å². The molecule has 168 valence electrons. The number of benzene rings is 2. The van der Waals surface area contributed by atoms with Crippen molar-refractivity contribution >= 4 is 17.4 Å². The van der Waals surface area contributed by atoms with Crippen LogP contribution >= 0.6 is 0 Å². The Labute approximate surface area is 178 Å². The molecule has 3 rings (SSSR count). The van der Waals surface area contributed by atoms with Crippen LogP contribution in [0, 0.1) is 0 Å². The number of carbonyl (C=O) groups is 1. The summed E-state index contributed by atoms with van der Waals surface area (Å²) >= 11 is 0. The molecule has 0 spiro atoms. The molecule has 0 bridgehead atoms. The van der Waals surface area contributed by atoms with Crippen molar-refractivity contribution in [1.29, 1.82) is 0 Å². The molecule has 1 aliphatic heterocycles. The second kappa shape index (κ2) is 10.3. The first-order valence-electron chi connectivity index (χ1n) is 9.73. The highest BCUT2D eigenvalue weighted by Crippen LogP contribution is 2.35. The molecule has 0 aliphatic carbocycles. The Kier molecular flexibility index (Phi) is 7.45. The molecule has 2 aromatic rings. The molecule has 2 N–H and O–H groups in total. The van der Waals surface area contributed by atoms with Crippen molar-refractivity contribution in [2.45, 2.75) is 6.18 Å². The smallest absolute Gasteiger partial charge is 0.416 e. The van der Waals surface area contributed by atoms with Crippen molar-refractivity contribution in [1.82, 2.24) is 5.32 Å². The van der Waals surface area contributed by atoms with Crippen molar-refractivity contribution in [2.24, 2.45) is 0 Å². The van der Waals surface area contributed by atoms with Gasteiger partial charge in [-0.2, -0.15) is 13.2 Å². The molecule has 1 heterocycles. The molecule has 1 fully saturated rings. The Bertz CT molecular complexity index is 886. The van der Waals surface area contributed by atoms with Crippen LogP contribution in [0.2, 0.25) is 0 Å². The van der Waals surface area contributed by atoms with Crippen LogP contribution in [0.4, 0.5) is 29.3 Å². The maximum Gasteiger partial charge on any atom is 0.416 e. The first kappa shape index (κ1) is 22.5. The molecule has 2 aromatic carbocycles. The van der Waals surface area contributed by atoms with Crippen molar-refractivity contribution in [3.05, 3.63) is 48.0 Å². The Morgan fingerprint density at radius 2 is 1.84 bits per heavy atom. The average molecular weight is 439 g/mol. The fraction of sp³-hybridized carbons (Fsp3) is 0.381. The van der Waals surface area contributed by atoms with Gasteiger partial charge in [0.25, 0.3) is 0 Å². The highest BCUT2D eigenvalue weighted by atomic mass is 19.4.